The molecule has 0 spiro atoms. The monoisotopic (exact) mass is 357 g/mol. The molecule has 0 fully saturated rings. The fourth-order valence-electron chi connectivity index (χ4n) is 2.36. The lowest BCUT2D eigenvalue weighted by Gasteiger charge is -2.30. The van der Waals surface area contributed by atoms with E-state index in [0.717, 1.165) is 34.2 Å². The molecule has 0 aliphatic rings. The molecule has 2 nitrogen and oxygen atoms in total. The summed E-state index contributed by atoms with van der Waals surface area (Å²) in [4.78, 5) is 0. The average Bonchev–Trinajstić information content (AvgIpc) is 2.71. The number of furan rings is 1. The van der Waals surface area contributed by atoms with E-state index in [4.69, 9.17) is 16.0 Å². The molecule has 110 valence electrons. The standard InChI is InChI=1S/C16H21BrClNO/c1-5-6-19-15(16(2,3)4)13-8-10-7-11(17)9-12(18)14(10)20-13/h7-9,15,19H,5-6H2,1-4H3. The van der Waals surface area contributed by atoms with Crippen LogP contribution in [0.4, 0.5) is 0 Å². The number of benzene rings is 1. The van der Waals surface area contributed by atoms with Crippen molar-refractivity contribution >= 4 is 38.5 Å². The van der Waals surface area contributed by atoms with Gasteiger partial charge in [-0.25, -0.2) is 0 Å². The highest BCUT2D eigenvalue weighted by Gasteiger charge is 2.29. The second-order valence-electron chi connectivity index (χ2n) is 6.21. The molecule has 1 atom stereocenters. The number of rotatable bonds is 4. The number of halogens is 2. The molecule has 0 aliphatic heterocycles. The third-order valence-corrected chi connectivity index (χ3v) is 4.04. The van der Waals surface area contributed by atoms with Gasteiger partial charge in [-0.1, -0.05) is 55.2 Å². The van der Waals surface area contributed by atoms with Crippen LogP contribution in [0.25, 0.3) is 11.0 Å². The molecule has 0 amide bonds. The van der Waals surface area contributed by atoms with Crippen LogP contribution in [0.15, 0.2) is 27.1 Å². The molecule has 2 rings (SSSR count). The van der Waals surface area contributed by atoms with Crippen molar-refractivity contribution in [1.29, 1.82) is 0 Å². The van der Waals surface area contributed by atoms with Gasteiger partial charge in [-0.3, -0.25) is 0 Å². The SMILES string of the molecule is CCCNC(c1cc2cc(Br)cc(Cl)c2o1)C(C)(C)C. The molecule has 4 heteroatoms. The van der Waals surface area contributed by atoms with E-state index in [2.05, 4.69) is 55.0 Å². The van der Waals surface area contributed by atoms with Crippen LogP contribution in [-0.2, 0) is 0 Å². The molecule has 1 heterocycles. The fraction of sp³-hybridized carbons (Fsp3) is 0.500. The molecular formula is C16H21BrClNO. The Morgan fingerprint density at radius 3 is 2.60 bits per heavy atom. The summed E-state index contributed by atoms with van der Waals surface area (Å²) in [6, 6.07) is 6.16. The smallest absolute Gasteiger partial charge is 0.153 e. The molecule has 1 unspecified atom stereocenters. The molecule has 2 aromatic rings. The molecule has 0 radical (unpaired) electrons. The Labute approximate surface area is 134 Å². The predicted octanol–water partition coefficient (Wildman–Crippen LogP) is 5.94. The van der Waals surface area contributed by atoms with E-state index >= 15 is 0 Å². The molecule has 0 aliphatic carbocycles. The van der Waals surface area contributed by atoms with Gasteiger partial charge in [0.15, 0.2) is 5.58 Å². The van der Waals surface area contributed by atoms with Gasteiger partial charge in [-0.2, -0.15) is 0 Å². The first-order chi connectivity index (χ1) is 9.32. The van der Waals surface area contributed by atoms with E-state index in [1.807, 2.05) is 12.1 Å². The van der Waals surface area contributed by atoms with Gasteiger partial charge in [-0.05, 0) is 36.6 Å². The third kappa shape index (κ3) is 3.38. The first-order valence-corrected chi connectivity index (χ1v) is 8.12. The van der Waals surface area contributed by atoms with Crippen molar-refractivity contribution in [3.63, 3.8) is 0 Å². The van der Waals surface area contributed by atoms with Crippen LogP contribution in [0, 0.1) is 5.41 Å². The Bertz CT molecular complexity index is 600. The summed E-state index contributed by atoms with van der Waals surface area (Å²) in [7, 11) is 0. The molecule has 0 bridgehead atoms. The second kappa shape index (κ2) is 6.08. The van der Waals surface area contributed by atoms with Crippen LogP contribution in [0.2, 0.25) is 5.02 Å². The maximum absolute atomic E-state index is 6.25. The van der Waals surface area contributed by atoms with Gasteiger partial charge in [0.1, 0.15) is 5.76 Å². The Kier molecular flexibility index (Phi) is 4.83. The highest BCUT2D eigenvalue weighted by molar-refractivity contribution is 9.10. The van der Waals surface area contributed by atoms with E-state index in [1.165, 1.54) is 0 Å². The Balaban J connectivity index is 2.46. The van der Waals surface area contributed by atoms with Crippen LogP contribution in [0.1, 0.15) is 45.9 Å². The van der Waals surface area contributed by atoms with Gasteiger partial charge < -0.3 is 9.73 Å². The maximum atomic E-state index is 6.25. The summed E-state index contributed by atoms with van der Waals surface area (Å²) >= 11 is 9.72. The minimum Gasteiger partial charge on any atom is -0.458 e. The van der Waals surface area contributed by atoms with E-state index in [-0.39, 0.29) is 11.5 Å². The van der Waals surface area contributed by atoms with Crippen molar-refractivity contribution < 1.29 is 4.42 Å². The molecule has 20 heavy (non-hydrogen) atoms. The number of nitrogens with one attached hydrogen (secondary N) is 1. The lowest BCUT2D eigenvalue weighted by molar-refractivity contribution is 0.242. The fourth-order valence-corrected chi connectivity index (χ4v) is 3.23. The van der Waals surface area contributed by atoms with Crippen molar-refractivity contribution in [2.24, 2.45) is 5.41 Å². The van der Waals surface area contributed by atoms with Crippen molar-refractivity contribution in [2.75, 3.05) is 6.54 Å². The van der Waals surface area contributed by atoms with Crippen molar-refractivity contribution in [1.82, 2.24) is 5.32 Å². The zero-order valence-corrected chi connectivity index (χ0v) is 14.7. The van der Waals surface area contributed by atoms with Gasteiger partial charge in [0.05, 0.1) is 11.1 Å². The first-order valence-electron chi connectivity index (χ1n) is 6.94. The van der Waals surface area contributed by atoms with Gasteiger partial charge in [0.2, 0.25) is 0 Å². The van der Waals surface area contributed by atoms with Gasteiger partial charge in [-0.15, -0.1) is 0 Å². The minimum absolute atomic E-state index is 0.0761. The Morgan fingerprint density at radius 1 is 1.30 bits per heavy atom. The van der Waals surface area contributed by atoms with Crippen LogP contribution in [0.3, 0.4) is 0 Å². The van der Waals surface area contributed by atoms with E-state index < -0.39 is 0 Å². The lowest BCUT2D eigenvalue weighted by Crippen LogP contribution is -2.32. The van der Waals surface area contributed by atoms with Crippen LogP contribution < -0.4 is 5.32 Å². The van der Waals surface area contributed by atoms with Crippen LogP contribution >= 0.6 is 27.5 Å². The predicted molar refractivity (Wildman–Crippen MR) is 89.4 cm³/mol. The second-order valence-corrected chi connectivity index (χ2v) is 7.53. The quantitative estimate of drug-likeness (QED) is 0.732. The molecule has 0 saturated heterocycles. The summed E-state index contributed by atoms with van der Waals surface area (Å²) in [6.45, 7) is 9.77. The molecule has 1 N–H and O–H groups in total. The van der Waals surface area contributed by atoms with Crippen LogP contribution in [0.5, 0.6) is 0 Å². The van der Waals surface area contributed by atoms with E-state index in [0.29, 0.717) is 5.02 Å². The highest BCUT2D eigenvalue weighted by atomic mass is 79.9. The van der Waals surface area contributed by atoms with E-state index in [9.17, 15) is 0 Å². The lowest BCUT2D eigenvalue weighted by atomic mass is 9.85. The van der Waals surface area contributed by atoms with Gasteiger partial charge in [0, 0.05) is 9.86 Å². The summed E-state index contributed by atoms with van der Waals surface area (Å²) in [5, 5.41) is 5.25. The number of fused-ring (bicyclic) bond motifs is 1. The first kappa shape index (κ1) is 15.9. The van der Waals surface area contributed by atoms with Crippen molar-refractivity contribution in [2.45, 2.75) is 40.2 Å². The van der Waals surface area contributed by atoms with Crippen LogP contribution in [-0.4, -0.2) is 6.54 Å². The zero-order chi connectivity index (χ0) is 14.9. The maximum Gasteiger partial charge on any atom is 0.153 e. The van der Waals surface area contributed by atoms with E-state index in [1.54, 1.807) is 0 Å². The van der Waals surface area contributed by atoms with Gasteiger partial charge in [0.25, 0.3) is 0 Å². The Morgan fingerprint density at radius 2 is 2.00 bits per heavy atom. The van der Waals surface area contributed by atoms with Crippen molar-refractivity contribution in [3.8, 4) is 0 Å². The topological polar surface area (TPSA) is 25.2 Å². The molecule has 0 saturated carbocycles. The third-order valence-electron chi connectivity index (χ3n) is 3.30. The highest BCUT2D eigenvalue weighted by Crippen LogP contribution is 2.38. The van der Waals surface area contributed by atoms with Gasteiger partial charge >= 0.3 is 0 Å². The number of hydrogen-bond acceptors (Lipinski definition) is 2. The Hall–Kier alpha value is -0.510. The molecule has 1 aromatic heterocycles. The zero-order valence-electron chi connectivity index (χ0n) is 12.4. The van der Waals surface area contributed by atoms with Crippen molar-refractivity contribution in [3.05, 3.63) is 33.5 Å². The minimum atomic E-state index is 0.0761. The summed E-state index contributed by atoms with van der Waals surface area (Å²) < 4.78 is 6.99. The average molecular weight is 359 g/mol. The summed E-state index contributed by atoms with van der Waals surface area (Å²) in [5.74, 6) is 0.945. The molecular weight excluding hydrogens is 338 g/mol. The molecule has 1 aromatic carbocycles. The summed E-state index contributed by atoms with van der Waals surface area (Å²) in [5.41, 5.74) is 0.838. The summed E-state index contributed by atoms with van der Waals surface area (Å²) in [6.07, 6.45) is 1.10. The largest absolute Gasteiger partial charge is 0.458 e. The number of hydrogen-bond donors (Lipinski definition) is 1. The normalized spacial score (nSPS) is 13.9.